The van der Waals surface area contributed by atoms with Gasteiger partial charge in [-0.15, -0.1) is 0 Å². The van der Waals surface area contributed by atoms with Crippen molar-refractivity contribution in [1.29, 1.82) is 0 Å². The first kappa shape index (κ1) is 19.8. The summed E-state index contributed by atoms with van der Waals surface area (Å²) in [4.78, 5) is 25.5. The highest BCUT2D eigenvalue weighted by molar-refractivity contribution is 6.42. The van der Waals surface area contributed by atoms with E-state index in [-0.39, 0.29) is 45.0 Å². The van der Waals surface area contributed by atoms with Crippen LogP contribution in [0.1, 0.15) is 39.5 Å². The molecular formula is C20H12Cl2F3NO3. The molecule has 1 aliphatic rings. The minimum Gasteiger partial charge on any atom is -0.428 e. The van der Waals surface area contributed by atoms with Crippen molar-refractivity contribution in [3.05, 3.63) is 79.1 Å². The van der Waals surface area contributed by atoms with Crippen LogP contribution in [-0.2, 0) is 12.6 Å². The molecule has 0 saturated heterocycles. The largest absolute Gasteiger partial charge is 0.428 e. The SMILES string of the molecule is O=C1CC(c2cccc(C(F)(F)F)c2)Cc2c1c(=O)c1cc(Cl)c(Cl)cc1n2O. The molecular weight excluding hydrogens is 430 g/mol. The number of carbonyl (C=O) groups is 1. The summed E-state index contributed by atoms with van der Waals surface area (Å²) in [6.45, 7) is 0. The maximum Gasteiger partial charge on any atom is 0.416 e. The molecule has 0 bridgehead atoms. The zero-order chi connectivity index (χ0) is 21.1. The van der Waals surface area contributed by atoms with Gasteiger partial charge in [-0.05, 0) is 36.1 Å². The van der Waals surface area contributed by atoms with Gasteiger partial charge in [-0.1, -0.05) is 41.4 Å². The molecule has 2 aromatic carbocycles. The topological polar surface area (TPSA) is 59.3 Å². The number of pyridine rings is 1. The van der Waals surface area contributed by atoms with Gasteiger partial charge < -0.3 is 5.21 Å². The molecule has 4 nitrogen and oxygen atoms in total. The molecule has 1 unspecified atom stereocenters. The highest BCUT2D eigenvalue weighted by Crippen LogP contribution is 2.37. The van der Waals surface area contributed by atoms with Gasteiger partial charge in [0.05, 0.1) is 37.8 Å². The lowest BCUT2D eigenvalue weighted by atomic mass is 9.80. The number of hydrogen-bond acceptors (Lipinski definition) is 3. The summed E-state index contributed by atoms with van der Waals surface area (Å²) in [7, 11) is 0. The molecule has 0 spiro atoms. The Labute approximate surface area is 172 Å². The number of ketones is 1. The lowest BCUT2D eigenvalue weighted by Gasteiger charge is -2.26. The number of halogens is 5. The van der Waals surface area contributed by atoms with Gasteiger partial charge in [-0.2, -0.15) is 17.9 Å². The van der Waals surface area contributed by atoms with E-state index in [1.807, 2.05) is 0 Å². The van der Waals surface area contributed by atoms with E-state index in [2.05, 4.69) is 0 Å². The molecule has 0 radical (unpaired) electrons. The van der Waals surface area contributed by atoms with Crippen LogP contribution < -0.4 is 5.43 Å². The molecule has 0 fully saturated rings. The molecule has 1 N–H and O–H groups in total. The second-order valence-corrected chi connectivity index (χ2v) is 7.71. The predicted molar refractivity (Wildman–Crippen MR) is 102 cm³/mol. The Morgan fingerprint density at radius 1 is 1.03 bits per heavy atom. The van der Waals surface area contributed by atoms with Crippen LogP contribution in [0, 0.1) is 0 Å². The Morgan fingerprint density at radius 2 is 1.72 bits per heavy atom. The van der Waals surface area contributed by atoms with Crippen molar-refractivity contribution >= 4 is 39.9 Å². The zero-order valence-corrected chi connectivity index (χ0v) is 16.1. The summed E-state index contributed by atoms with van der Waals surface area (Å²) in [6, 6.07) is 7.28. The standard InChI is InChI=1S/C20H12Cl2F3NO3/c21-13-7-12-15(8-14(13)22)26(29)16-5-10(6-17(27)18(16)19(12)28)9-2-1-3-11(4-9)20(23,24)25/h1-4,7-8,10,29H,5-6H2. The average molecular weight is 442 g/mol. The maximum atomic E-state index is 13.0. The highest BCUT2D eigenvalue weighted by atomic mass is 35.5. The van der Waals surface area contributed by atoms with E-state index >= 15 is 0 Å². The van der Waals surface area contributed by atoms with Gasteiger partial charge in [0.1, 0.15) is 0 Å². The molecule has 1 aliphatic carbocycles. The molecule has 0 amide bonds. The normalized spacial score (nSPS) is 16.9. The van der Waals surface area contributed by atoms with Crippen LogP contribution >= 0.6 is 23.2 Å². The first-order valence-corrected chi connectivity index (χ1v) is 9.29. The number of benzene rings is 2. The summed E-state index contributed by atoms with van der Waals surface area (Å²) in [5, 5.41) is 10.9. The fraction of sp³-hybridized carbons (Fsp3) is 0.200. The second kappa shape index (κ2) is 6.78. The van der Waals surface area contributed by atoms with E-state index in [0.29, 0.717) is 10.3 Å². The van der Waals surface area contributed by atoms with Crippen molar-refractivity contribution in [2.24, 2.45) is 0 Å². The van der Waals surface area contributed by atoms with Crippen LogP contribution in [0.3, 0.4) is 0 Å². The third-order valence-corrected chi connectivity index (χ3v) is 5.84. The first-order valence-electron chi connectivity index (χ1n) is 8.54. The molecule has 1 heterocycles. The quantitative estimate of drug-likeness (QED) is 0.508. The van der Waals surface area contributed by atoms with Gasteiger partial charge in [0.25, 0.3) is 0 Å². The minimum atomic E-state index is -4.52. The average Bonchev–Trinajstić information content (AvgIpc) is 2.66. The third-order valence-electron chi connectivity index (χ3n) is 5.12. The molecule has 9 heteroatoms. The van der Waals surface area contributed by atoms with Crippen LogP contribution in [0.25, 0.3) is 10.9 Å². The van der Waals surface area contributed by atoms with Gasteiger partial charge in [0, 0.05) is 6.42 Å². The van der Waals surface area contributed by atoms with Crippen molar-refractivity contribution in [3.63, 3.8) is 0 Å². The van der Waals surface area contributed by atoms with Crippen molar-refractivity contribution in [2.75, 3.05) is 0 Å². The molecule has 29 heavy (non-hydrogen) atoms. The van der Waals surface area contributed by atoms with Crippen molar-refractivity contribution in [2.45, 2.75) is 24.9 Å². The van der Waals surface area contributed by atoms with Gasteiger partial charge in [-0.25, -0.2) is 0 Å². The Morgan fingerprint density at radius 3 is 2.41 bits per heavy atom. The lowest BCUT2D eigenvalue weighted by Crippen LogP contribution is -2.30. The molecule has 0 saturated carbocycles. The number of hydrogen-bond donors (Lipinski definition) is 1. The van der Waals surface area contributed by atoms with E-state index in [4.69, 9.17) is 23.2 Å². The Balaban J connectivity index is 1.87. The molecule has 1 atom stereocenters. The second-order valence-electron chi connectivity index (χ2n) is 6.90. The van der Waals surface area contributed by atoms with E-state index in [9.17, 15) is 28.0 Å². The van der Waals surface area contributed by atoms with Crippen LogP contribution in [-0.4, -0.2) is 15.7 Å². The summed E-state index contributed by atoms with van der Waals surface area (Å²) in [5.74, 6) is -1.16. The Bertz CT molecular complexity index is 1230. The molecule has 0 aliphatic heterocycles. The number of rotatable bonds is 1. The van der Waals surface area contributed by atoms with Crippen molar-refractivity contribution < 1.29 is 23.2 Å². The van der Waals surface area contributed by atoms with Gasteiger partial charge in [-0.3, -0.25) is 9.59 Å². The summed E-state index contributed by atoms with van der Waals surface area (Å²) >= 11 is 11.9. The summed E-state index contributed by atoms with van der Waals surface area (Å²) < 4.78 is 39.8. The number of carbonyl (C=O) groups excluding carboxylic acids is 1. The number of Topliss-reactive ketones (excluding diaryl/α,β-unsaturated/α-hetero) is 1. The molecule has 4 rings (SSSR count). The number of fused-ring (bicyclic) bond motifs is 2. The number of alkyl halides is 3. The van der Waals surface area contributed by atoms with Crippen molar-refractivity contribution in [3.8, 4) is 0 Å². The van der Waals surface area contributed by atoms with E-state index < -0.39 is 28.9 Å². The highest BCUT2D eigenvalue weighted by Gasteiger charge is 2.35. The van der Waals surface area contributed by atoms with E-state index in [0.717, 1.165) is 12.1 Å². The lowest BCUT2D eigenvalue weighted by molar-refractivity contribution is -0.137. The Kier molecular flexibility index (Phi) is 4.63. The predicted octanol–water partition coefficient (Wildman–Crippen LogP) is 5.48. The van der Waals surface area contributed by atoms with Gasteiger partial charge >= 0.3 is 6.18 Å². The molecule has 150 valence electrons. The third kappa shape index (κ3) is 3.28. The van der Waals surface area contributed by atoms with E-state index in [1.165, 1.54) is 24.3 Å². The van der Waals surface area contributed by atoms with Crippen LogP contribution in [0.2, 0.25) is 10.0 Å². The van der Waals surface area contributed by atoms with Crippen LogP contribution in [0.4, 0.5) is 13.2 Å². The summed E-state index contributed by atoms with van der Waals surface area (Å²) in [5.41, 5.74) is -1.18. The molecule has 1 aromatic heterocycles. The zero-order valence-electron chi connectivity index (χ0n) is 14.6. The number of nitrogens with zero attached hydrogens (tertiary/aromatic N) is 1. The fourth-order valence-electron chi connectivity index (χ4n) is 3.72. The van der Waals surface area contributed by atoms with Gasteiger partial charge in [0.15, 0.2) is 5.78 Å². The monoisotopic (exact) mass is 441 g/mol. The Hall–Kier alpha value is -2.51. The van der Waals surface area contributed by atoms with E-state index in [1.54, 1.807) is 0 Å². The maximum absolute atomic E-state index is 13.0. The fourth-order valence-corrected chi connectivity index (χ4v) is 4.04. The molecule has 3 aromatic rings. The van der Waals surface area contributed by atoms with Crippen molar-refractivity contribution in [1.82, 2.24) is 4.73 Å². The minimum absolute atomic E-state index is 0.0182. The summed E-state index contributed by atoms with van der Waals surface area (Å²) in [6.07, 6.45) is -4.64. The smallest absolute Gasteiger partial charge is 0.416 e. The first-order chi connectivity index (χ1) is 13.6. The van der Waals surface area contributed by atoms with Gasteiger partial charge in [0.2, 0.25) is 5.43 Å². The van der Waals surface area contributed by atoms with Crippen LogP contribution in [0.5, 0.6) is 0 Å². The van der Waals surface area contributed by atoms with Crippen LogP contribution in [0.15, 0.2) is 41.2 Å². The number of aromatic nitrogens is 1.